The van der Waals surface area contributed by atoms with Gasteiger partial charge >= 0.3 is 0 Å². The van der Waals surface area contributed by atoms with E-state index in [4.69, 9.17) is 11.6 Å². The number of aryl methyl sites for hydroxylation is 1. The summed E-state index contributed by atoms with van der Waals surface area (Å²) in [6.07, 6.45) is 0. The third-order valence-electron chi connectivity index (χ3n) is 3.82. The molecule has 0 saturated carbocycles. The van der Waals surface area contributed by atoms with Crippen molar-refractivity contribution in [2.75, 3.05) is 20.6 Å². The summed E-state index contributed by atoms with van der Waals surface area (Å²) in [6, 6.07) is 13.8. The summed E-state index contributed by atoms with van der Waals surface area (Å²) >= 11 is 5.94. The van der Waals surface area contributed by atoms with E-state index in [1.165, 1.54) is 11.9 Å². The molecule has 0 unspecified atom stereocenters. The molecule has 0 aliphatic heterocycles. The maximum atomic E-state index is 12.5. The standard InChI is InChI=1S/C18H21ClN2O3S/c1-14-7-9-17(10-8-14)25(23,24)21(3)13-18(22)20(2)12-15-5-4-6-16(19)11-15/h4-11H,12-13H2,1-3H3. The first-order valence-electron chi connectivity index (χ1n) is 7.71. The van der Waals surface area contributed by atoms with Crippen LogP contribution < -0.4 is 0 Å². The topological polar surface area (TPSA) is 57.7 Å². The van der Waals surface area contributed by atoms with E-state index >= 15 is 0 Å². The van der Waals surface area contributed by atoms with Gasteiger partial charge in [-0.2, -0.15) is 4.31 Å². The number of sulfonamides is 1. The number of nitrogens with zero attached hydrogens (tertiary/aromatic N) is 2. The van der Waals surface area contributed by atoms with E-state index in [2.05, 4.69) is 0 Å². The Balaban J connectivity index is 2.04. The Hall–Kier alpha value is -1.89. The van der Waals surface area contributed by atoms with Gasteiger partial charge < -0.3 is 4.90 Å². The van der Waals surface area contributed by atoms with Gasteiger partial charge in [0.1, 0.15) is 0 Å². The van der Waals surface area contributed by atoms with Gasteiger partial charge in [-0.1, -0.05) is 41.4 Å². The van der Waals surface area contributed by atoms with Crippen LogP contribution >= 0.6 is 11.6 Å². The van der Waals surface area contributed by atoms with E-state index in [9.17, 15) is 13.2 Å². The minimum absolute atomic E-state index is 0.172. The Morgan fingerprint density at radius 2 is 1.72 bits per heavy atom. The number of amides is 1. The molecule has 2 aromatic carbocycles. The molecule has 0 aliphatic rings. The zero-order chi connectivity index (χ0) is 18.6. The fraction of sp³-hybridized carbons (Fsp3) is 0.278. The molecule has 0 radical (unpaired) electrons. The van der Waals surface area contributed by atoms with Gasteiger partial charge in [-0.3, -0.25) is 4.79 Å². The number of benzene rings is 2. The molecule has 2 aromatic rings. The summed E-state index contributed by atoms with van der Waals surface area (Å²) in [5.41, 5.74) is 1.85. The third kappa shape index (κ3) is 5.04. The van der Waals surface area contributed by atoms with Crippen molar-refractivity contribution in [2.45, 2.75) is 18.4 Å². The normalized spacial score (nSPS) is 11.6. The zero-order valence-electron chi connectivity index (χ0n) is 14.4. The molecule has 5 nitrogen and oxygen atoms in total. The number of likely N-dealkylation sites (N-methyl/N-ethyl adjacent to an activating group) is 2. The highest BCUT2D eigenvalue weighted by molar-refractivity contribution is 7.89. The van der Waals surface area contributed by atoms with Gasteiger partial charge in [0, 0.05) is 25.7 Å². The molecule has 0 atom stereocenters. The first kappa shape index (κ1) is 19.4. The molecule has 7 heteroatoms. The molecule has 0 aliphatic carbocycles. The first-order chi connectivity index (χ1) is 11.7. The summed E-state index contributed by atoms with van der Waals surface area (Å²) in [7, 11) is -0.662. The lowest BCUT2D eigenvalue weighted by atomic mass is 10.2. The molecule has 2 rings (SSSR count). The van der Waals surface area contributed by atoms with E-state index in [1.807, 2.05) is 19.1 Å². The van der Waals surface area contributed by atoms with Crippen molar-refractivity contribution in [3.05, 3.63) is 64.7 Å². The van der Waals surface area contributed by atoms with Gasteiger partial charge in [0.15, 0.2) is 0 Å². The molecule has 0 N–H and O–H groups in total. The molecule has 0 heterocycles. The summed E-state index contributed by atoms with van der Waals surface area (Å²) in [4.78, 5) is 14.0. The molecule has 25 heavy (non-hydrogen) atoms. The Bertz CT molecular complexity index is 851. The van der Waals surface area contributed by atoms with Crippen molar-refractivity contribution >= 4 is 27.5 Å². The van der Waals surface area contributed by atoms with Crippen LogP contribution in [-0.4, -0.2) is 44.2 Å². The number of hydrogen-bond donors (Lipinski definition) is 0. The van der Waals surface area contributed by atoms with E-state index in [0.717, 1.165) is 15.4 Å². The second kappa shape index (κ2) is 7.99. The molecule has 134 valence electrons. The molecular weight excluding hydrogens is 360 g/mol. The molecule has 0 spiro atoms. The first-order valence-corrected chi connectivity index (χ1v) is 9.53. The molecule has 0 saturated heterocycles. The molecule has 0 fully saturated rings. The lowest BCUT2D eigenvalue weighted by Gasteiger charge is -2.22. The van der Waals surface area contributed by atoms with E-state index in [-0.39, 0.29) is 17.3 Å². The number of halogens is 1. The molecule has 0 aromatic heterocycles. The van der Waals surface area contributed by atoms with E-state index < -0.39 is 10.0 Å². The van der Waals surface area contributed by atoms with Crippen LogP contribution in [0.2, 0.25) is 5.02 Å². The summed E-state index contributed by atoms with van der Waals surface area (Å²) in [5.74, 6) is -0.293. The SMILES string of the molecule is Cc1ccc(S(=O)(=O)N(C)CC(=O)N(C)Cc2cccc(Cl)c2)cc1. The largest absolute Gasteiger partial charge is 0.340 e. The van der Waals surface area contributed by atoms with Crippen LogP contribution in [0.3, 0.4) is 0 Å². The minimum Gasteiger partial charge on any atom is -0.340 e. The number of carbonyl (C=O) groups excluding carboxylic acids is 1. The highest BCUT2D eigenvalue weighted by Gasteiger charge is 2.24. The predicted molar refractivity (Wildman–Crippen MR) is 98.9 cm³/mol. The number of hydrogen-bond acceptors (Lipinski definition) is 3. The maximum absolute atomic E-state index is 12.5. The van der Waals surface area contributed by atoms with Crippen molar-refractivity contribution in [3.8, 4) is 0 Å². The van der Waals surface area contributed by atoms with Crippen LogP contribution in [0.25, 0.3) is 0 Å². The molecule has 1 amide bonds. The highest BCUT2D eigenvalue weighted by Crippen LogP contribution is 2.16. The van der Waals surface area contributed by atoms with Crippen molar-refractivity contribution < 1.29 is 13.2 Å². The second-order valence-electron chi connectivity index (χ2n) is 5.95. The third-order valence-corrected chi connectivity index (χ3v) is 5.87. The van der Waals surface area contributed by atoms with Crippen LogP contribution in [0.1, 0.15) is 11.1 Å². The zero-order valence-corrected chi connectivity index (χ0v) is 16.0. The Morgan fingerprint density at radius 1 is 1.08 bits per heavy atom. The van der Waals surface area contributed by atoms with Gasteiger partial charge in [0.25, 0.3) is 0 Å². The number of rotatable bonds is 6. The minimum atomic E-state index is -3.70. The van der Waals surface area contributed by atoms with Gasteiger partial charge in [0.05, 0.1) is 11.4 Å². The molecule has 0 bridgehead atoms. The van der Waals surface area contributed by atoms with Crippen LogP contribution in [0.15, 0.2) is 53.4 Å². The van der Waals surface area contributed by atoms with Crippen LogP contribution in [0.5, 0.6) is 0 Å². The monoisotopic (exact) mass is 380 g/mol. The van der Waals surface area contributed by atoms with E-state index in [1.54, 1.807) is 43.4 Å². The summed E-state index contributed by atoms with van der Waals surface area (Å²) in [5, 5.41) is 0.595. The maximum Gasteiger partial charge on any atom is 0.243 e. The van der Waals surface area contributed by atoms with Crippen LogP contribution in [-0.2, 0) is 21.4 Å². The quantitative estimate of drug-likeness (QED) is 0.774. The highest BCUT2D eigenvalue weighted by atomic mass is 35.5. The van der Waals surface area contributed by atoms with Gasteiger partial charge in [0.2, 0.25) is 15.9 Å². The second-order valence-corrected chi connectivity index (χ2v) is 8.44. The van der Waals surface area contributed by atoms with Gasteiger partial charge in [-0.05, 0) is 36.8 Å². The average Bonchev–Trinajstić information content (AvgIpc) is 2.55. The van der Waals surface area contributed by atoms with Crippen molar-refractivity contribution in [1.82, 2.24) is 9.21 Å². The van der Waals surface area contributed by atoms with Crippen molar-refractivity contribution in [2.24, 2.45) is 0 Å². The fourth-order valence-electron chi connectivity index (χ4n) is 2.28. The van der Waals surface area contributed by atoms with Crippen molar-refractivity contribution in [3.63, 3.8) is 0 Å². The summed E-state index contributed by atoms with van der Waals surface area (Å²) in [6.45, 7) is 2.01. The smallest absolute Gasteiger partial charge is 0.243 e. The van der Waals surface area contributed by atoms with E-state index in [0.29, 0.717) is 11.6 Å². The Labute approximate surface area is 153 Å². The van der Waals surface area contributed by atoms with Crippen molar-refractivity contribution in [1.29, 1.82) is 0 Å². The average molecular weight is 381 g/mol. The lowest BCUT2D eigenvalue weighted by Crippen LogP contribution is -2.39. The van der Waals surface area contributed by atoms with Gasteiger partial charge in [-0.15, -0.1) is 0 Å². The number of carbonyl (C=O) groups is 1. The predicted octanol–water partition coefficient (Wildman–Crippen LogP) is 2.93. The van der Waals surface area contributed by atoms with Crippen LogP contribution in [0.4, 0.5) is 0 Å². The molecular formula is C18H21ClN2O3S. The fourth-order valence-corrected chi connectivity index (χ4v) is 3.62. The Kier molecular flexibility index (Phi) is 6.21. The Morgan fingerprint density at radius 3 is 2.32 bits per heavy atom. The summed E-state index contributed by atoms with van der Waals surface area (Å²) < 4.78 is 26.1. The lowest BCUT2D eigenvalue weighted by molar-refractivity contribution is -0.130. The van der Waals surface area contributed by atoms with Gasteiger partial charge in [-0.25, -0.2) is 8.42 Å². The van der Waals surface area contributed by atoms with Crippen LogP contribution in [0, 0.1) is 6.92 Å².